The van der Waals surface area contributed by atoms with Gasteiger partial charge in [0.15, 0.2) is 5.75 Å². The van der Waals surface area contributed by atoms with Gasteiger partial charge in [0.2, 0.25) is 10.0 Å². The highest BCUT2D eigenvalue weighted by molar-refractivity contribution is 7.89. The molecule has 0 saturated heterocycles. The molecule has 1 aromatic rings. The monoisotopic (exact) mass is 332 g/mol. The third-order valence-corrected chi connectivity index (χ3v) is 4.70. The van der Waals surface area contributed by atoms with Gasteiger partial charge in [-0.2, -0.15) is 13.2 Å². The van der Waals surface area contributed by atoms with Gasteiger partial charge in [-0.15, -0.1) is 0 Å². The zero-order valence-corrected chi connectivity index (χ0v) is 12.4. The molecule has 0 aromatic carbocycles. The van der Waals surface area contributed by atoms with Crippen molar-refractivity contribution in [2.45, 2.75) is 25.6 Å². The van der Waals surface area contributed by atoms with Crippen molar-refractivity contribution in [2.24, 2.45) is 0 Å². The molecule has 0 spiro atoms. The Morgan fingerprint density at radius 1 is 1.27 bits per heavy atom. The molecule has 1 aromatic heterocycles. The lowest BCUT2D eigenvalue weighted by molar-refractivity contribution is -0.106. The molecular formula is C14H15F3N2O2S. The molecule has 0 amide bonds. The van der Waals surface area contributed by atoms with Gasteiger partial charge in [0.1, 0.15) is 0 Å². The second-order valence-electron chi connectivity index (χ2n) is 4.85. The zero-order chi connectivity index (χ0) is 16.2. The van der Waals surface area contributed by atoms with E-state index >= 15 is 0 Å². The van der Waals surface area contributed by atoms with Crippen molar-refractivity contribution in [3.8, 4) is 0 Å². The summed E-state index contributed by atoms with van der Waals surface area (Å²) < 4.78 is 62.8. The number of allylic oxidation sites excluding steroid dienone is 3. The summed E-state index contributed by atoms with van der Waals surface area (Å²) in [6.45, 7) is -0.178. The second kappa shape index (κ2) is 6.51. The number of nitrogens with zero attached hydrogens (tertiary/aromatic N) is 2. The van der Waals surface area contributed by atoms with E-state index in [1.807, 2.05) is 0 Å². The van der Waals surface area contributed by atoms with Crippen molar-refractivity contribution in [1.82, 2.24) is 9.29 Å². The van der Waals surface area contributed by atoms with E-state index < -0.39 is 22.0 Å². The van der Waals surface area contributed by atoms with Crippen LogP contribution < -0.4 is 0 Å². The lowest BCUT2D eigenvalue weighted by Gasteiger charge is -2.27. The summed E-state index contributed by atoms with van der Waals surface area (Å²) in [7, 11) is -4.52. The van der Waals surface area contributed by atoms with Gasteiger partial charge in [-0.25, -0.2) is 8.42 Å². The van der Waals surface area contributed by atoms with Crippen molar-refractivity contribution < 1.29 is 21.6 Å². The Bertz CT molecular complexity index is 667. The smallest absolute Gasteiger partial charge is 0.266 e. The maximum absolute atomic E-state index is 12.6. The third-order valence-electron chi connectivity index (χ3n) is 2.99. The number of hydrogen-bond donors (Lipinski definition) is 0. The average Bonchev–Trinajstić information content (AvgIpc) is 2.44. The largest absolute Gasteiger partial charge is 0.404 e. The van der Waals surface area contributed by atoms with Crippen molar-refractivity contribution in [3.63, 3.8) is 0 Å². The van der Waals surface area contributed by atoms with Crippen LogP contribution in [0.25, 0.3) is 0 Å². The Labute approximate surface area is 127 Å². The highest BCUT2D eigenvalue weighted by Gasteiger charge is 2.39. The van der Waals surface area contributed by atoms with Gasteiger partial charge in [0.25, 0.3) is 0 Å². The van der Waals surface area contributed by atoms with E-state index in [4.69, 9.17) is 0 Å². The number of sulfonamides is 1. The molecule has 0 bridgehead atoms. The summed E-state index contributed by atoms with van der Waals surface area (Å²) >= 11 is 0. The van der Waals surface area contributed by atoms with E-state index in [0.717, 1.165) is 10.7 Å². The van der Waals surface area contributed by atoms with Crippen LogP contribution in [0.1, 0.15) is 18.4 Å². The maximum atomic E-state index is 12.6. The van der Waals surface area contributed by atoms with Crippen LogP contribution in [0.3, 0.4) is 0 Å². The Kier molecular flexibility index (Phi) is 4.90. The molecule has 0 fully saturated rings. The predicted molar refractivity (Wildman–Crippen MR) is 76.1 cm³/mol. The maximum Gasteiger partial charge on any atom is 0.404 e. The number of hydrogen-bond acceptors (Lipinski definition) is 3. The highest BCUT2D eigenvalue weighted by atomic mass is 32.2. The molecule has 0 atom stereocenters. The van der Waals surface area contributed by atoms with Crippen LogP contribution in [0, 0.1) is 0 Å². The highest BCUT2D eigenvalue weighted by Crippen LogP contribution is 2.26. The Balaban J connectivity index is 2.33. The van der Waals surface area contributed by atoms with Gasteiger partial charge in [-0.05, 0) is 30.5 Å². The van der Waals surface area contributed by atoms with Crippen molar-refractivity contribution in [2.75, 3.05) is 5.75 Å². The molecule has 0 aliphatic heterocycles. The standard InChI is InChI=1S/C14H15F3N2O2S/c15-14(16,17)11-22(20,21)19(13-6-2-1-3-7-13)10-12-5-4-8-18-9-12/h2,4-9H,1,3,10-11H2. The molecule has 0 saturated carbocycles. The molecule has 4 nitrogen and oxygen atoms in total. The second-order valence-corrected chi connectivity index (χ2v) is 6.74. The quantitative estimate of drug-likeness (QED) is 0.833. The topological polar surface area (TPSA) is 50.3 Å². The Morgan fingerprint density at radius 2 is 2.05 bits per heavy atom. The van der Waals surface area contributed by atoms with E-state index in [9.17, 15) is 21.6 Å². The van der Waals surface area contributed by atoms with Crippen LogP contribution in [0.2, 0.25) is 0 Å². The third kappa shape index (κ3) is 4.59. The minimum atomic E-state index is -4.79. The van der Waals surface area contributed by atoms with E-state index in [2.05, 4.69) is 4.98 Å². The van der Waals surface area contributed by atoms with Crippen LogP contribution >= 0.6 is 0 Å². The van der Waals surface area contributed by atoms with Gasteiger partial charge in [-0.3, -0.25) is 9.29 Å². The summed E-state index contributed by atoms with van der Waals surface area (Å²) in [5.41, 5.74) is 0.785. The van der Waals surface area contributed by atoms with Gasteiger partial charge in [0, 0.05) is 18.1 Å². The summed E-state index contributed by atoms with van der Waals surface area (Å²) in [5, 5.41) is 0. The number of alkyl halides is 3. The molecule has 0 unspecified atom stereocenters. The van der Waals surface area contributed by atoms with Crippen LogP contribution in [0.5, 0.6) is 0 Å². The van der Waals surface area contributed by atoms with E-state index in [1.54, 1.807) is 24.3 Å². The van der Waals surface area contributed by atoms with Gasteiger partial charge < -0.3 is 0 Å². The summed E-state index contributed by atoms with van der Waals surface area (Å²) in [6.07, 6.45) is 4.40. The molecule has 120 valence electrons. The van der Waals surface area contributed by atoms with E-state index in [1.165, 1.54) is 18.5 Å². The zero-order valence-electron chi connectivity index (χ0n) is 11.6. The summed E-state index contributed by atoms with van der Waals surface area (Å²) in [5.74, 6) is -1.88. The fourth-order valence-corrected chi connectivity index (χ4v) is 3.45. The molecule has 22 heavy (non-hydrogen) atoms. The molecule has 1 heterocycles. The SMILES string of the molecule is O=S(=O)(CC(F)(F)F)N(Cc1cccnc1)C1=CCCC=C1. The molecule has 2 rings (SSSR count). The van der Waals surface area contributed by atoms with E-state index in [0.29, 0.717) is 12.0 Å². The number of pyridine rings is 1. The first-order valence-corrected chi connectivity index (χ1v) is 8.22. The Morgan fingerprint density at radius 3 is 2.59 bits per heavy atom. The fourth-order valence-electron chi connectivity index (χ4n) is 2.08. The fraction of sp³-hybridized carbons (Fsp3) is 0.357. The lowest BCUT2D eigenvalue weighted by Crippen LogP contribution is -2.37. The first-order chi connectivity index (χ1) is 10.3. The average molecular weight is 332 g/mol. The molecule has 0 N–H and O–H groups in total. The minimum Gasteiger partial charge on any atom is -0.266 e. The van der Waals surface area contributed by atoms with Crippen LogP contribution in [0.15, 0.2) is 48.5 Å². The van der Waals surface area contributed by atoms with Crippen molar-refractivity contribution in [1.29, 1.82) is 0 Å². The van der Waals surface area contributed by atoms with Gasteiger partial charge in [-0.1, -0.05) is 18.2 Å². The molecule has 1 aliphatic carbocycles. The number of halogens is 3. The van der Waals surface area contributed by atoms with Crippen LogP contribution in [-0.4, -0.2) is 29.6 Å². The minimum absolute atomic E-state index is 0.178. The number of rotatable bonds is 5. The Hall–Kier alpha value is -1.83. The number of aromatic nitrogens is 1. The van der Waals surface area contributed by atoms with Crippen molar-refractivity contribution in [3.05, 3.63) is 54.0 Å². The molecule has 1 aliphatic rings. The molecule has 8 heteroatoms. The molecular weight excluding hydrogens is 317 g/mol. The van der Waals surface area contributed by atoms with Crippen LogP contribution in [-0.2, 0) is 16.6 Å². The van der Waals surface area contributed by atoms with Gasteiger partial charge >= 0.3 is 6.18 Å². The first-order valence-electron chi connectivity index (χ1n) is 6.61. The predicted octanol–water partition coefficient (Wildman–Crippen LogP) is 3.01. The first kappa shape index (κ1) is 16.5. The van der Waals surface area contributed by atoms with Crippen molar-refractivity contribution >= 4 is 10.0 Å². The normalized spacial score (nSPS) is 15.5. The lowest BCUT2D eigenvalue weighted by atomic mass is 10.1. The van der Waals surface area contributed by atoms with Gasteiger partial charge in [0.05, 0.1) is 6.54 Å². The summed E-state index contributed by atoms with van der Waals surface area (Å²) in [6, 6.07) is 3.23. The summed E-state index contributed by atoms with van der Waals surface area (Å²) in [4.78, 5) is 3.86. The van der Waals surface area contributed by atoms with E-state index in [-0.39, 0.29) is 12.2 Å². The van der Waals surface area contributed by atoms with Crippen LogP contribution in [0.4, 0.5) is 13.2 Å². The molecule has 0 radical (unpaired) electrons.